The Kier molecular flexibility index (Phi) is 3.20. The van der Waals surface area contributed by atoms with Gasteiger partial charge in [-0.05, 0) is 12.1 Å². The van der Waals surface area contributed by atoms with Gasteiger partial charge in [-0.25, -0.2) is 14.4 Å². The van der Waals surface area contributed by atoms with Crippen molar-refractivity contribution in [3.8, 4) is 11.5 Å². The van der Waals surface area contributed by atoms with Crippen molar-refractivity contribution in [2.24, 2.45) is 0 Å². The summed E-state index contributed by atoms with van der Waals surface area (Å²) in [5, 5.41) is 0. The van der Waals surface area contributed by atoms with Gasteiger partial charge in [0.2, 0.25) is 11.6 Å². The Hall–Kier alpha value is -2.63. The van der Waals surface area contributed by atoms with Crippen molar-refractivity contribution < 1.29 is 18.3 Å². The molecule has 20 heavy (non-hydrogen) atoms. The van der Waals surface area contributed by atoms with Gasteiger partial charge in [0.15, 0.2) is 18.1 Å². The SMILES string of the molecule is COc1ccccc1OCc1nc2cc(F)cnc2o1. The molecule has 2 heterocycles. The second-order valence-electron chi connectivity index (χ2n) is 4.02. The van der Waals surface area contributed by atoms with Crippen molar-refractivity contribution >= 4 is 11.2 Å². The molecule has 2 aromatic heterocycles. The number of aromatic nitrogens is 2. The summed E-state index contributed by atoms with van der Waals surface area (Å²) in [4.78, 5) is 7.91. The first kappa shape index (κ1) is 12.4. The van der Waals surface area contributed by atoms with Crippen LogP contribution in [-0.2, 0) is 6.61 Å². The van der Waals surface area contributed by atoms with Gasteiger partial charge in [-0.2, -0.15) is 0 Å². The standard InChI is InChI=1S/C14H11FN2O3/c1-18-11-4-2-3-5-12(11)19-8-13-17-10-6-9(15)7-16-14(10)20-13/h2-7H,8H2,1H3. The van der Waals surface area contributed by atoms with E-state index < -0.39 is 5.82 Å². The van der Waals surface area contributed by atoms with E-state index in [1.165, 1.54) is 6.07 Å². The molecule has 1 aromatic carbocycles. The lowest BCUT2D eigenvalue weighted by Gasteiger charge is -2.08. The highest BCUT2D eigenvalue weighted by Gasteiger charge is 2.10. The fourth-order valence-corrected chi connectivity index (χ4v) is 1.78. The average molecular weight is 274 g/mol. The number of benzene rings is 1. The summed E-state index contributed by atoms with van der Waals surface area (Å²) < 4.78 is 29.1. The first-order valence-corrected chi connectivity index (χ1v) is 5.93. The number of methoxy groups -OCH3 is 1. The van der Waals surface area contributed by atoms with Crippen molar-refractivity contribution in [3.05, 3.63) is 48.2 Å². The lowest BCUT2D eigenvalue weighted by atomic mass is 10.3. The number of halogens is 1. The van der Waals surface area contributed by atoms with E-state index in [9.17, 15) is 4.39 Å². The van der Waals surface area contributed by atoms with Crippen LogP contribution in [-0.4, -0.2) is 17.1 Å². The highest BCUT2D eigenvalue weighted by atomic mass is 19.1. The zero-order valence-electron chi connectivity index (χ0n) is 10.7. The van der Waals surface area contributed by atoms with E-state index in [2.05, 4.69) is 9.97 Å². The molecule has 0 spiro atoms. The molecule has 0 saturated carbocycles. The molecule has 3 aromatic rings. The van der Waals surface area contributed by atoms with Gasteiger partial charge in [-0.1, -0.05) is 12.1 Å². The summed E-state index contributed by atoms with van der Waals surface area (Å²) in [5.74, 6) is 1.07. The minimum Gasteiger partial charge on any atom is -0.493 e. The summed E-state index contributed by atoms with van der Waals surface area (Å²) in [6, 6.07) is 8.51. The predicted octanol–water partition coefficient (Wildman–Crippen LogP) is 2.95. The van der Waals surface area contributed by atoms with Crippen molar-refractivity contribution in [3.63, 3.8) is 0 Å². The summed E-state index contributed by atoms with van der Waals surface area (Å²) in [5.41, 5.74) is 0.647. The third-order valence-corrected chi connectivity index (χ3v) is 2.68. The van der Waals surface area contributed by atoms with E-state index >= 15 is 0 Å². The number of rotatable bonds is 4. The van der Waals surface area contributed by atoms with Gasteiger partial charge in [-0.15, -0.1) is 0 Å². The maximum Gasteiger partial charge on any atom is 0.247 e. The Balaban J connectivity index is 1.79. The zero-order chi connectivity index (χ0) is 13.9. The number of nitrogens with zero attached hydrogens (tertiary/aromatic N) is 2. The highest BCUT2D eigenvalue weighted by molar-refractivity contribution is 5.67. The van der Waals surface area contributed by atoms with Gasteiger partial charge in [0.1, 0.15) is 11.3 Å². The van der Waals surface area contributed by atoms with Crippen LogP contribution >= 0.6 is 0 Å². The molecule has 0 aliphatic carbocycles. The molecule has 0 radical (unpaired) electrons. The summed E-state index contributed by atoms with van der Waals surface area (Å²) in [6.07, 6.45) is 1.08. The molecule has 0 fully saturated rings. The van der Waals surface area contributed by atoms with Crippen LogP contribution < -0.4 is 9.47 Å². The van der Waals surface area contributed by atoms with Crippen molar-refractivity contribution in [2.45, 2.75) is 6.61 Å². The third kappa shape index (κ3) is 2.40. The van der Waals surface area contributed by atoms with E-state index in [0.29, 0.717) is 22.9 Å². The number of pyridine rings is 1. The molecule has 0 atom stereocenters. The van der Waals surface area contributed by atoms with Crippen molar-refractivity contribution in [2.75, 3.05) is 7.11 Å². The number of hydrogen-bond acceptors (Lipinski definition) is 5. The van der Waals surface area contributed by atoms with Crippen LogP contribution in [0.25, 0.3) is 11.2 Å². The minimum absolute atomic E-state index is 0.109. The quantitative estimate of drug-likeness (QED) is 0.732. The molecule has 0 saturated heterocycles. The largest absolute Gasteiger partial charge is 0.493 e. The van der Waals surface area contributed by atoms with E-state index in [1.54, 1.807) is 19.2 Å². The van der Waals surface area contributed by atoms with Crippen LogP contribution in [0.1, 0.15) is 5.89 Å². The lowest BCUT2D eigenvalue weighted by molar-refractivity contribution is 0.253. The molecule has 0 aliphatic heterocycles. The summed E-state index contributed by atoms with van der Waals surface area (Å²) >= 11 is 0. The van der Waals surface area contributed by atoms with Crippen LogP contribution in [0.3, 0.4) is 0 Å². The second-order valence-corrected chi connectivity index (χ2v) is 4.02. The predicted molar refractivity (Wildman–Crippen MR) is 69.1 cm³/mol. The Labute approximate surface area is 114 Å². The molecule has 0 unspecified atom stereocenters. The minimum atomic E-state index is -0.456. The van der Waals surface area contributed by atoms with Crippen molar-refractivity contribution in [1.82, 2.24) is 9.97 Å². The molecule has 3 rings (SSSR count). The Bertz CT molecular complexity index is 742. The molecule has 5 nitrogen and oxygen atoms in total. The third-order valence-electron chi connectivity index (χ3n) is 2.68. The Morgan fingerprint density at radius 3 is 2.85 bits per heavy atom. The number of oxazole rings is 1. The lowest BCUT2D eigenvalue weighted by Crippen LogP contribution is -1.97. The Morgan fingerprint density at radius 1 is 1.25 bits per heavy atom. The molecular formula is C14H11FN2O3. The fourth-order valence-electron chi connectivity index (χ4n) is 1.78. The monoisotopic (exact) mass is 274 g/mol. The number of fused-ring (bicyclic) bond motifs is 1. The van der Waals surface area contributed by atoms with Gasteiger partial charge >= 0.3 is 0 Å². The molecule has 0 N–H and O–H groups in total. The van der Waals surface area contributed by atoms with E-state index in [0.717, 1.165) is 6.20 Å². The molecular weight excluding hydrogens is 263 g/mol. The first-order chi connectivity index (χ1) is 9.76. The maximum atomic E-state index is 13.0. The molecule has 0 aliphatic rings. The first-order valence-electron chi connectivity index (χ1n) is 5.93. The number of ether oxygens (including phenoxy) is 2. The van der Waals surface area contributed by atoms with Gasteiger partial charge < -0.3 is 13.9 Å². The van der Waals surface area contributed by atoms with Crippen LogP contribution in [0.15, 0.2) is 40.9 Å². The van der Waals surface area contributed by atoms with Gasteiger partial charge in [0.05, 0.1) is 13.3 Å². The van der Waals surface area contributed by atoms with Gasteiger partial charge in [-0.3, -0.25) is 0 Å². The molecule has 0 bridgehead atoms. The zero-order valence-corrected chi connectivity index (χ0v) is 10.7. The van der Waals surface area contributed by atoms with Crippen LogP contribution in [0.5, 0.6) is 11.5 Å². The normalized spacial score (nSPS) is 10.7. The molecule has 102 valence electrons. The fraction of sp³-hybridized carbons (Fsp3) is 0.143. The summed E-state index contributed by atoms with van der Waals surface area (Å²) in [6.45, 7) is 0.109. The molecule has 6 heteroatoms. The van der Waals surface area contributed by atoms with E-state index in [1.807, 2.05) is 12.1 Å². The smallest absolute Gasteiger partial charge is 0.247 e. The van der Waals surface area contributed by atoms with Crippen LogP contribution in [0, 0.1) is 5.82 Å². The van der Waals surface area contributed by atoms with Crippen LogP contribution in [0.2, 0.25) is 0 Å². The van der Waals surface area contributed by atoms with Crippen molar-refractivity contribution in [1.29, 1.82) is 0 Å². The molecule has 0 amide bonds. The summed E-state index contributed by atoms with van der Waals surface area (Å²) in [7, 11) is 1.56. The van der Waals surface area contributed by atoms with Gasteiger partial charge in [0.25, 0.3) is 0 Å². The highest BCUT2D eigenvalue weighted by Crippen LogP contribution is 2.26. The van der Waals surface area contributed by atoms with E-state index in [-0.39, 0.29) is 12.3 Å². The number of hydrogen-bond donors (Lipinski definition) is 0. The maximum absolute atomic E-state index is 13.0. The topological polar surface area (TPSA) is 57.4 Å². The van der Waals surface area contributed by atoms with Gasteiger partial charge in [0, 0.05) is 6.07 Å². The average Bonchev–Trinajstić information content (AvgIpc) is 2.87. The Morgan fingerprint density at radius 2 is 2.05 bits per heavy atom. The number of para-hydroxylation sites is 2. The van der Waals surface area contributed by atoms with E-state index in [4.69, 9.17) is 13.9 Å². The van der Waals surface area contributed by atoms with Crippen LogP contribution in [0.4, 0.5) is 4.39 Å². The second kappa shape index (κ2) is 5.16.